The van der Waals surface area contributed by atoms with Gasteiger partial charge >= 0.3 is 5.97 Å². The van der Waals surface area contributed by atoms with E-state index in [4.69, 9.17) is 15.2 Å². The van der Waals surface area contributed by atoms with Crippen LogP contribution in [0.25, 0.3) is 0 Å². The predicted octanol–water partition coefficient (Wildman–Crippen LogP) is 0.0509. The minimum absolute atomic E-state index is 0.115. The maximum atomic E-state index is 11.3. The fourth-order valence-corrected chi connectivity index (χ4v) is 1.23. The molecule has 0 saturated carbocycles. The maximum Gasteiger partial charge on any atom is 0.343 e. The quantitative estimate of drug-likeness (QED) is 0.543. The summed E-state index contributed by atoms with van der Waals surface area (Å²) < 4.78 is 14.7. The highest BCUT2D eigenvalue weighted by Gasteiger charge is 2.12. The Hall–Kier alpha value is -1.73. The zero-order valence-electron chi connectivity index (χ0n) is 10.5. The monoisotopic (exact) mass is 255 g/mol. The number of esters is 1. The summed E-state index contributed by atoms with van der Waals surface area (Å²) >= 11 is 0. The molecule has 100 valence electrons. The first kappa shape index (κ1) is 14.3. The van der Waals surface area contributed by atoms with Crippen molar-refractivity contribution in [3.63, 3.8) is 0 Å². The summed E-state index contributed by atoms with van der Waals surface area (Å²) in [5.74, 6) is 0.0942. The second kappa shape index (κ2) is 7.57. The molecule has 2 N–H and O–H groups in total. The molecule has 0 atom stereocenters. The number of nitrogens with zero attached hydrogens (tertiary/aromatic N) is 2. The number of nitrogens with two attached hydrogens (primary N) is 1. The third-order valence-electron chi connectivity index (χ3n) is 2.18. The van der Waals surface area contributed by atoms with Crippen molar-refractivity contribution in [1.29, 1.82) is 0 Å². The molecule has 0 aliphatic rings. The molecule has 1 rings (SSSR count). The van der Waals surface area contributed by atoms with E-state index in [2.05, 4.69) is 14.7 Å². The van der Waals surface area contributed by atoms with Crippen molar-refractivity contribution in [1.82, 2.24) is 9.97 Å². The van der Waals surface area contributed by atoms with Gasteiger partial charge in [0.1, 0.15) is 17.2 Å². The summed E-state index contributed by atoms with van der Waals surface area (Å²) in [7, 11) is 2.89. The van der Waals surface area contributed by atoms with Crippen molar-refractivity contribution in [2.45, 2.75) is 6.42 Å². The van der Waals surface area contributed by atoms with Gasteiger partial charge in [0.25, 0.3) is 0 Å². The summed E-state index contributed by atoms with van der Waals surface area (Å²) in [4.78, 5) is 19.3. The van der Waals surface area contributed by atoms with E-state index in [1.807, 2.05) is 0 Å². The molecule has 0 aromatic carbocycles. The van der Waals surface area contributed by atoms with Crippen molar-refractivity contribution in [3.05, 3.63) is 17.6 Å². The van der Waals surface area contributed by atoms with E-state index in [1.165, 1.54) is 13.3 Å². The van der Waals surface area contributed by atoms with Gasteiger partial charge in [-0.15, -0.1) is 0 Å². The standard InChI is InChI=1S/C11H17N3O4/c1-16-5-6-18-4-3-9-13-7-8(10(12)14-9)11(15)17-2/h7H,3-6H2,1-2H3,(H2,12,13,14). The van der Waals surface area contributed by atoms with Gasteiger partial charge in [-0.05, 0) is 0 Å². The van der Waals surface area contributed by atoms with Crippen LogP contribution in [0.15, 0.2) is 6.20 Å². The normalized spacial score (nSPS) is 10.3. The van der Waals surface area contributed by atoms with Crippen molar-refractivity contribution in [3.8, 4) is 0 Å². The number of carbonyl (C=O) groups excluding carboxylic acids is 1. The summed E-state index contributed by atoms with van der Waals surface area (Å²) in [5.41, 5.74) is 5.81. The zero-order chi connectivity index (χ0) is 13.4. The Morgan fingerprint density at radius 3 is 2.72 bits per heavy atom. The van der Waals surface area contributed by atoms with Crippen LogP contribution in [0.3, 0.4) is 0 Å². The molecule has 0 saturated heterocycles. The number of methoxy groups -OCH3 is 2. The number of ether oxygens (including phenoxy) is 3. The minimum Gasteiger partial charge on any atom is -0.465 e. The third kappa shape index (κ3) is 4.27. The van der Waals surface area contributed by atoms with Gasteiger partial charge in [-0.25, -0.2) is 14.8 Å². The second-order valence-electron chi connectivity index (χ2n) is 3.43. The molecule has 1 aromatic rings. The molecule has 18 heavy (non-hydrogen) atoms. The zero-order valence-corrected chi connectivity index (χ0v) is 10.5. The molecule has 1 aromatic heterocycles. The van der Waals surface area contributed by atoms with Crippen LogP contribution in [0.1, 0.15) is 16.2 Å². The lowest BCUT2D eigenvalue weighted by atomic mass is 10.3. The summed E-state index contributed by atoms with van der Waals surface area (Å²) in [6.45, 7) is 1.54. The molecule has 0 amide bonds. The van der Waals surface area contributed by atoms with E-state index < -0.39 is 5.97 Å². The highest BCUT2D eigenvalue weighted by molar-refractivity contribution is 5.93. The van der Waals surface area contributed by atoms with Gasteiger partial charge in [-0.3, -0.25) is 0 Å². The Morgan fingerprint density at radius 1 is 1.33 bits per heavy atom. The molecule has 0 radical (unpaired) electrons. The average Bonchev–Trinajstić information content (AvgIpc) is 2.38. The Kier molecular flexibility index (Phi) is 6.03. The Morgan fingerprint density at radius 2 is 2.11 bits per heavy atom. The SMILES string of the molecule is COCCOCCc1ncc(C(=O)OC)c(N)n1. The smallest absolute Gasteiger partial charge is 0.343 e. The fraction of sp³-hybridized carbons (Fsp3) is 0.545. The van der Waals surface area contributed by atoms with Crippen LogP contribution in [0, 0.1) is 0 Å². The number of anilines is 1. The van der Waals surface area contributed by atoms with Gasteiger partial charge in [0.15, 0.2) is 0 Å². The summed E-state index contributed by atoms with van der Waals surface area (Å²) in [6.07, 6.45) is 1.88. The number of hydrogen-bond donors (Lipinski definition) is 1. The largest absolute Gasteiger partial charge is 0.465 e. The summed E-state index contributed by atoms with van der Waals surface area (Å²) in [5, 5.41) is 0. The highest BCUT2D eigenvalue weighted by atomic mass is 16.5. The topological polar surface area (TPSA) is 96.6 Å². The minimum atomic E-state index is -0.546. The molecule has 0 aliphatic heterocycles. The van der Waals surface area contributed by atoms with Crippen LogP contribution in [-0.2, 0) is 20.6 Å². The predicted molar refractivity (Wildman–Crippen MR) is 64.2 cm³/mol. The van der Waals surface area contributed by atoms with E-state index in [0.717, 1.165) is 0 Å². The number of nitrogen functional groups attached to an aromatic ring is 1. The van der Waals surface area contributed by atoms with Gasteiger partial charge in [-0.2, -0.15) is 0 Å². The van der Waals surface area contributed by atoms with Gasteiger partial charge in [0, 0.05) is 19.7 Å². The van der Waals surface area contributed by atoms with E-state index in [9.17, 15) is 4.79 Å². The summed E-state index contributed by atoms with van der Waals surface area (Å²) in [6, 6.07) is 0. The molecule has 0 unspecified atom stereocenters. The van der Waals surface area contributed by atoms with E-state index in [0.29, 0.717) is 32.1 Å². The van der Waals surface area contributed by atoms with Crippen LogP contribution >= 0.6 is 0 Å². The van der Waals surface area contributed by atoms with Crippen LogP contribution in [0.2, 0.25) is 0 Å². The molecule has 7 nitrogen and oxygen atoms in total. The van der Waals surface area contributed by atoms with Crippen molar-refractivity contribution in [2.24, 2.45) is 0 Å². The van der Waals surface area contributed by atoms with Gasteiger partial charge in [0.2, 0.25) is 0 Å². The van der Waals surface area contributed by atoms with Crippen LogP contribution in [0.4, 0.5) is 5.82 Å². The lowest BCUT2D eigenvalue weighted by Crippen LogP contribution is -2.12. The first-order valence-corrected chi connectivity index (χ1v) is 5.45. The van der Waals surface area contributed by atoms with E-state index in [-0.39, 0.29) is 11.4 Å². The molecular formula is C11H17N3O4. The molecule has 0 aliphatic carbocycles. The first-order valence-electron chi connectivity index (χ1n) is 5.45. The molecule has 7 heteroatoms. The molecule has 0 bridgehead atoms. The van der Waals surface area contributed by atoms with Crippen LogP contribution in [-0.4, -0.2) is 50.0 Å². The molecule has 0 spiro atoms. The van der Waals surface area contributed by atoms with Gasteiger partial charge in [0.05, 0.1) is 26.9 Å². The first-order chi connectivity index (χ1) is 8.69. The van der Waals surface area contributed by atoms with Crippen molar-refractivity contribution < 1.29 is 19.0 Å². The lowest BCUT2D eigenvalue weighted by Gasteiger charge is -2.05. The number of aromatic nitrogens is 2. The number of hydrogen-bond acceptors (Lipinski definition) is 7. The van der Waals surface area contributed by atoms with Crippen molar-refractivity contribution in [2.75, 3.05) is 39.8 Å². The Labute approximate surface area is 105 Å². The van der Waals surface area contributed by atoms with Crippen molar-refractivity contribution >= 4 is 11.8 Å². The number of rotatable bonds is 7. The third-order valence-corrected chi connectivity index (χ3v) is 2.18. The van der Waals surface area contributed by atoms with E-state index >= 15 is 0 Å². The Balaban J connectivity index is 2.49. The second-order valence-corrected chi connectivity index (χ2v) is 3.43. The van der Waals surface area contributed by atoms with Crippen LogP contribution in [0.5, 0.6) is 0 Å². The van der Waals surface area contributed by atoms with E-state index in [1.54, 1.807) is 7.11 Å². The van der Waals surface area contributed by atoms with Crippen LogP contribution < -0.4 is 5.73 Å². The fourth-order valence-electron chi connectivity index (χ4n) is 1.23. The number of carbonyl (C=O) groups is 1. The Bertz CT molecular complexity index is 398. The molecule has 1 heterocycles. The molecular weight excluding hydrogens is 238 g/mol. The van der Waals surface area contributed by atoms with Gasteiger partial charge in [-0.1, -0.05) is 0 Å². The molecule has 0 fully saturated rings. The lowest BCUT2D eigenvalue weighted by molar-refractivity contribution is 0.0601. The average molecular weight is 255 g/mol. The van der Waals surface area contributed by atoms with Gasteiger partial charge < -0.3 is 19.9 Å². The maximum absolute atomic E-state index is 11.3. The highest BCUT2D eigenvalue weighted by Crippen LogP contribution is 2.08.